The summed E-state index contributed by atoms with van der Waals surface area (Å²) in [5, 5.41) is 3.05. The van der Waals surface area contributed by atoms with Crippen molar-refractivity contribution in [2.75, 3.05) is 0 Å². The average molecular weight is 231 g/mol. The van der Waals surface area contributed by atoms with Gasteiger partial charge in [0, 0.05) is 12.0 Å². The number of aromatic amines is 1. The second-order valence-corrected chi connectivity index (χ2v) is 5.31. The van der Waals surface area contributed by atoms with E-state index in [2.05, 4.69) is 23.9 Å². The van der Waals surface area contributed by atoms with E-state index in [0.717, 1.165) is 29.4 Å². The van der Waals surface area contributed by atoms with Gasteiger partial charge in [-0.2, -0.15) is 0 Å². The summed E-state index contributed by atoms with van der Waals surface area (Å²) >= 11 is 0. The first-order valence-electron chi connectivity index (χ1n) is 6.25. The van der Waals surface area contributed by atoms with Crippen LogP contribution >= 0.6 is 0 Å². The monoisotopic (exact) mass is 231 g/mol. The highest BCUT2D eigenvalue weighted by molar-refractivity contribution is 5.41. The molecule has 0 amide bonds. The number of aromatic nitrogens is 3. The van der Waals surface area contributed by atoms with E-state index in [4.69, 9.17) is 0 Å². The Hall–Kier alpha value is -1.58. The molecule has 0 aromatic carbocycles. The van der Waals surface area contributed by atoms with Crippen molar-refractivity contribution in [3.8, 4) is 0 Å². The molecule has 0 saturated heterocycles. The molecule has 1 N–H and O–H groups in total. The van der Waals surface area contributed by atoms with Crippen molar-refractivity contribution >= 4 is 5.65 Å². The van der Waals surface area contributed by atoms with Gasteiger partial charge in [-0.25, -0.2) is 9.50 Å². The summed E-state index contributed by atoms with van der Waals surface area (Å²) in [7, 11) is 0. The summed E-state index contributed by atoms with van der Waals surface area (Å²) in [5.41, 5.74) is 1.87. The molecule has 1 aliphatic rings. The Morgan fingerprint density at radius 2 is 2.24 bits per heavy atom. The van der Waals surface area contributed by atoms with Gasteiger partial charge in [-0.3, -0.25) is 9.89 Å². The summed E-state index contributed by atoms with van der Waals surface area (Å²) < 4.78 is 1.53. The maximum atomic E-state index is 11.9. The lowest BCUT2D eigenvalue weighted by Crippen LogP contribution is -2.14. The van der Waals surface area contributed by atoms with Crippen LogP contribution in [0.3, 0.4) is 0 Å². The quantitative estimate of drug-likeness (QED) is 0.879. The summed E-state index contributed by atoms with van der Waals surface area (Å²) in [6, 6.07) is 3.76. The molecule has 3 rings (SSSR count). The Labute approximate surface area is 99.7 Å². The fourth-order valence-corrected chi connectivity index (χ4v) is 2.10. The van der Waals surface area contributed by atoms with Gasteiger partial charge in [0.1, 0.15) is 5.82 Å². The molecule has 4 nitrogen and oxygen atoms in total. The zero-order valence-corrected chi connectivity index (χ0v) is 10.2. The van der Waals surface area contributed by atoms with Gasteiger partial charge in [0.25, 0.3) is 5.56 Å². The fourth-order valence-electron chi connectivity index (χ4n) is 2.10. The molecule has 0 radical (unpaired) electrons. The molecule has 2 heterocycles. The van der Waals surface area contributed by atoms with Crippen molar-refractivity contribution in [1.29, 1.82) is 0 Å². The first-order chi connectivity index (χ1) is 8.13. The number of nitrogens with zero attached hydrogens (tertiary/aromatic N) is 2. The predicted molar refractivity (Wildman–Crippen MR) is 66.3 cm³/mol. The standard InChI is InChI=1S/C13H17N3O/c1-8(2)13-14-11-6-10(5-9-3-4-9)7-12(17)16(11)15-13/h6-9H,3-5H2,1-2H3,(H,14,15). The van der Waals surface area contributed by atoms with E-state index < -0.39 is 0 Å². The largest absolute Gasteiger partial charge is 0.276 e. The number of rotatable bonds is 3. The number of pyridine rings is 1. The lowest BCUT2D eigenvalue weighted by molar-refractivity contribution is 0.757. The van der Waals surface area contributed by atoms with Crippen molar-refractivity contribution < 1.29 is 0 Å². The first-order valence-corrected chi connectivity index (χ1v) is 6.25. The molecule has 0 aliphatic heterocycles. The van der Waals surface area contributed by atoms with Crippen LogP contribution in [0.2, 0.25) is 0 Å². The van der Waals surface area contributed by atoms with Crippen molar-refractivity contribution in [2.24, 2.45) is 5.92 Å². The Kier molecular flexibility index (Phi) is 2.31. The molecular weight excluding hydrogens is 214 g/mol. The lowest BCUT2D eigenvalue weighted by Gasteiger charge is -1.98. The van der Waals surface area contributed by atoms with E-state index >= 15 is 0 Å². The van der Waals surface area contributed by atoms with Gasteiger partial charge in [0.05, 0.1) is 0 Å². The summed E-state index contributed by atoms with van der Waals surface area (Å²) in [5.74, 6) is 1.97. The van der Waals surface area contributed by atoms with Crippen LogP contribution in [-0.4, -0.2) is 14.6 Å². The lowest BCUT2D eigenvalue weighted by atomic mass is 10.1. The van der Waals surface area contributed by atoms with E-state index in [0.29, 0.717) is 5.92 Å². The number of H-pyrrole nitrogens is 1. The molecule has 1 saturated carbocycles. The number of nitrogens with one attached hydrogen (secondary N) is 1. The molecule has 17 heavy (non-hydrogen) atoms. The van der Waals surface area contributed by atoms with Crippen LogP contribution in [0.25, 0.3) is 5.65 Å². The van der Waals surface area contributed by atoms with Gasteiger partial charge in [0.2, 0.25) is 0 Å². The van der Waals surface area contributed by atoms with E-state index in [1.165, 1.54) is 17.4 Å². The van der Waals surface area contributed by atoms with E-state index in [1.54, 1.807) is 6.07 Å². The molecule has 1 fully saturated rings. The van der Waals surface area contributed by atoms with Crippen molar-refractivity contribution in [3.05, 3.63) is 33.9 Å². The normalized spacial score (nSPS) is 15.9. The number of fused-ring (bicyclic) bond motifs is 1. The van der Waals surface area contributed by atoms with Crippen LogP contribution in [-0.2, 0) is 6.42 Å². The van der Waals surface area contributed by atoms with Gasteiger partial charge in [-0.1, -0.05) is 13.8 Å². The average Bonchev–Trinajstić information content (AvgIpc) is 2.95. The van der Waals surface area contributed by atoms with Gasteiger partial charge < -0.3 is 0 Å². The van der Waals surface area contributed by atoms with E-state index in [-0.39, 0.29) is 5.56 Å². The molecule has 1 aliphatic carbocycles. The van der Waals surface area contributed by atoms with Crippen LogP contribution in [0, 0.1) is 5.92 Å². The maximum absolute atomic E-state index is 11.9. The molecule has 90 valence electrons. The van der Waals surface area contributed by atoms with Crippen LogP contribution in [0.1, 0.15) is 44.0 Å². The molecule has 0 atom stereocenters. The molecule has 4 heteroatoms. The maximum Gasteiger partial charge on any atom is 0.271 e. The zero-order chi connectivity index (χ0) is 12.0. The van der Waals surface area contributed by atoms with Crippen LogP contribution < -0.4 is 5.56 Å². The topological polar surface area (TPSA) is 50.2 Å². The van der Waals surface area contributed by atoms with Gasteiger partial charge in [-0.15, -0.1) is 0 Å². The van der Waals surface area contributed by atoms with Gasteiger partial charge in [-0.05, 0) is 36.8 Å². The van der Waals surface area contributed by atoms with Crippen molar-refractivity contribution in [1.82, 2.24) is 14.6 Å². The Bertz CT molecular complexity index is 605. The van der Waals surface area contributed by atoms with E-state index in [9.17, 15) is 4.79 Å². The Morgan fingerprint density at radius 1 is 1.47 bits per heavy atom. The zero-order valence-electron chi connectivity index (χ0n) is 10.2. The fraction of sp³-hybridized carbons (Fsp3) is 0.538. The third-order valence-corrected chi connectivity index (χ3v) is 3.30. The molecule has 0 bridgehead atoms. The minimum absolute atomic E-state index is 0.00227. The van der Waals surface area contributed by atoms with Gasteiger partial charge >= 0.3 is 0 Å². The summed E-state index contributed by atoms with van der Waals surface area (Å²) in [6.07, 6.45) is 3.63. The van der Waals surface area contributed by atoms with Crippen LogP contribution in [0.5, 0.6) is 0 Å². The first kappa shape index (κ1) is 10.6. The minimum atomic E-state index is -0.00227. The van der Waals surface area contributed by atoms with Crippen molar-refractivity contribution in [2.45, 2.75) is 39.0 Å². The molecular formula is C13H17N3O. The van der Waals surface area contributed by atoms with Crippen LogP contribution in [0.4, 0.5) is 0 Å². The Morgan fingerprint density at radius 3 is 2.88 bits per heavy atom. The highest BCUT2D eigenvalue weighted by Crippen LogP contribution is 2.32. The van der Waals surface area contributed by atoms with Gasteiger partial charge in [0.15, 0.2) is 5.65 Å². The highest BCUT2D eigenvalue weighted by Gasteiger charge is 2.22. The minimum Gasteiger partial charge on any atom is -0.276 e. The third kappa shape index (κ3) is 1.99. The van der Waals surface area contributed by atoms with E-state index in [1.807, 2.05) is 6.07 Å². The molecule has 2 aromatic rings. The summed E-state index contributed by atoms with van der Waals surface area (Å²) in [6.45, 7) is 4.13. The number of hydrogen-bond acceptors (Lipinski definition) is 2. The molecule has 0 spiro atoms. The SMILES string of the molecule is CC(C)c1nc2cc(CC3CC3)cc(=O)n2[nH]1. The molecule has 2 aromatic heterocycles. The Balaban J connectivity index is 2.07. The van der Waals surface area contributed by atoms with Crippen molar-refractivity contribution in [3.63, 3.8) is 0 Å². The second-order valence-electron chi connectivity index (χ2n) is 5.31. The smallest absolute Gasteiger partial charge is 0.271 e. The highest BCUT2D eigenvalue weighted by atomic mass is 16.1. The third-order valence-electron chi connectivity index (χ3n) is 3.30. The summed E-state index contributed by atoms with van der Waals surface area (Å²) in [4.78, 5) is 16.4. The molecule has 0 unspecified atom stereocenters. The number of hydrogen-bond donors (Lipinski definition) is 1. The second kappa shape index (κ2) is 3.72. The van der Waals surface area contributed by atoms with Crippen LogP contribution in [0.15, 0.2) is 16.9 Å². The predicted octanol–water partition coefficient (Wildman–Crippen LogP) is 2.10.